The van der Waals surface area contributed by atoms with Crippen molar-refractivity contribution >= 4 is 27.5 Å². The van der Waals surface area contributed by atoms with Gasteiger partial charge in [-0.3, -0.25) is 9.59 Å². The fraction of sp³-hybridized carbons (Fsp3) is 0.333. The fourth-order valence-corrected chi connectivity index (χ4v) is 3.58. The summed E-state index contributed by atoms with van der Waals surface area (Å²) in [6.07, 6.45) is 0.438. The number of rotatable bonds is 8. The summed E-state index contributed by atoms with van der Waals surface area (Å²) in [4.78, 5) is 24.4. The number of anilines is 1. The van der Waals surface area contributed by atoms with Gasteiger partial charge in [-0.25, -0.2) is 12.7 Å². The zero-order valence-corrected chi connectivity index (χ0v) is 17.9. The smallest absolute Gasteiger partial charge is 0.251 e. The normalized spacial score (nSPS) is 11.5. The number of carbonyl (C=O) groups excluding carboxylic acids is 2. The first-order chi connectivity index (χ1) is 13.6. The van der Waals surface area contributed by atoms with Gasteiger partial charge < -0.3 is 10.6 Å². The van der Waals surface area contributed by atoms with E-state index >= 15 is 0 Å². The van der Waals surface area contributed by atoms with E-state index in [1.165, 1.54) is 32.3 Å². The third-order valence-electron chi connectivity index (χ3n) is 4.13. The van der Waals surface area contributed by atoms with Crippen LogP contribution in [0.15, 0.2) is 53.4 Å². The second-order valence-electron chi connectivity index (χ2n) is 7.34. The maximum Gasteiger partial charge on any atom is 0.251 e. The summed E-state index contributed by atoms with van der Waals surface area (Å²) in [7, 11) is -0.734. The highest BCUT2D eigenvalue weighted by atomic mass is 32.2. The molecule has 2 N–H and O–H groups in total. The molecule has 0 radical (unpaired) electrons. The Morgan fingerprint density at radius 1 is 1.03 bits per heavy atom. The minimum Gasteiger partial charge on any atom is -0.348 e. The van der Waals surface area contributed by atoms with E-state index in [9.17, 15) is 18.0 Å². The van der Waals surface area contributed by atoms with Crippen molar-refractivity contribution in [3.63, 3.8) is 0 Å². The first-order valence-electron chi connectivity index (χ1n) is 9.29. The van der Waals surface area contributed by atoms with Crippen LogP contribution in [0.2, 0.25) is 0 Å². The number of sulfonamides is 1. The second-order valence-corrected chi connectivity index (χ2v) is 9.50. The van der Waals surface area contributed by atoms with Crippen molar-refractivity contribution in [2.24, 2.45) is 5.92 Å². The molecule has 0 bridgehead atoms. The van der Waals surface area contributed by atoms with Crippen molar-refractivity contribution in [1.29, 1.82) is 0 Å². The van der Waals surface area contributed by atoms with E-state index in [1.807, 2.05) is 19.9 Å². The molecule has 0 saturated carbocycles. The van der Waals surface area contributed by atoms with Crippen molar-refractivity contribution in [3.8, 4) is 0 Å². The predicted molar refractivity (Wildman–Crippen MR) is 113 cm³/mol. The molecule has 2 aromatic carbocycles. The van der Waals surface area contributed by atoms with Crippen molar-refractivity contribution < 1.29 is 18.0 Å². The maximum absolute atomic E-state index is 12.5. The molecule has 0 saturated heterocycles. The van der Waals surface area contributed by atoms with Crippen LogP contribution in [0, 0.1) is 5.92 Å². The van der Waals surface area contributed by atoms with Crippen molar-refractivity contribution in [2.75, 3.05) is 19.4 Å². The minimum absolute atomic E-state index is 0.0555. The summed E-state index contributed by atoms with van der Waals surface area (Å²) in [5.41, 5.74) is 1.74. The maximum atomic E-state index is 12.5. The quantitative estimate of drug-likeness (QED) is 0.690. The summed E-state index contributed by atoms with van der Waals surface area (Å²) >= 11 is 0. The summed E-state index contributed by atoms with van der Waals surface area (Å²) in [5.74, 6) is -0.167. The molecular formula is C21H27N3O4S. The Bertz CT molecular complexity index is 985. The van der Waals surface area contributed by atoms with E-state index in [-0.39, 0.29) is 34.7 Å². The molecule has 156 valence electrons. The molecule has 29 heavy (non-hydrogen) atoms. The van der Waals surface area contributed by atoms with E-state index in [2.05, 4.69) is 10.6 Å². The average Bonchev–Trinajstić information content (AvgIpc) is 2.65. The number of nitrogens with zero attached hydrogens (tertiary/aromatic N) is 1. The van der Waals surface area contributed by atoms with Crippen molar-refractivity contribution in [1.82, 2.24) is 9.62 Å². The molecule has 0 spiro atoms. The van der Waals surface area contributed by atoms with Crippen LogP contribution >= 0.6 is 0 Å². The molecule has 0 aromatic heterocycles. The van der Waals surface area contributed by atoms with Gasteiger partial charge in [-0.1, -0.05) is 32.0 Å². The standard InChI is InChI=1S/C21H27N3O4S/c1-15(2)11-20(25)23-18-9-5-7-16(12-18)14-22-21(26)17-8-6-10-19(13-17)29(27,28)24(3)4/h5-10,12-13,15H,11,14H2,1-4H3,(H,22,26)(H,23,25). The predicted octanol–water partition coefficient (Wildman–Crippen LogP) is 2.85. The van der Waals surface area contributed by atoms with Gasteiger partial charge in [0.2, 0.25) is 15.9 Å². The van der Waals surface area contributed by atoms with Gasteiger partial charge in [0, 0.05) is 38.3 Å². The van der Waals surface area contributed by atoms with Crippen LogP contribution < -0.4 is 10.6 Å². The summed E-state index contributed by atoms with van der Waals surface area (Å²) in [6, 6.07) is 13.1. The first kappa shape index (κ1) is 22.6. The van der Waals surface area contributed by atoms with E-state index in [0.29, 0.717) is 12.1 Å². The molecule has 0 atom stereocenters. The zero-order chi connectivity index (χ0) is 21.6. The van der Waals surface area contributed by atoms with Crippen LogP contribution in [0.5, 0.6) is 0 Å². The number of nitrogens with one attached hydrogen (secondary N) is 2. The van der Waals surface area contributed by atoms with E-state index in [1.54, 1.807) is 24.3 Å². The number of amides is 2. The number of hydrogen-bond acceptors (Lipinski definition) is 4. The van der Waals surface area contributed by atoms with Gasteiger partial charge in [0.25, 0.3) is 5.91 Å². The van der Waals surface area contributed by atoms with Gasteiger partial charge in [0.1, 0.15) is 0 Å². The van der Waals surface area contributed by atoms with Crippen LogP contribution in [0.25, 0.3) is 0 Å². The molecule has 2 amide bonds. The third-order valence-corrected chi connectivity index (χ3v) is 5.94. The molecule has 2 rings (SSSR count). The average molecular weight is 418 g/mol. The van der Waals surface area contributed by atoms with Crippen LogP contribution in [-0.4, -0.2) is 38.6 Å². The highest BCUT2D eigenvalue weighted by Gasteiger charge is 2.18. The molecule has 0 heterocycles. The first-order valence-corrected chi connectivity index (χ1v) is 10.7. The number of carbonyl (C=O) groups is 2. The van der Waals surface area contributed by atoms with Gasteiger partial charge in [-0.15, -0.1) is 0 Å². The highest BCUT2D eigenvalue weighted by molar-refractivity contribution is 7.89. The Labute approximate surface area is 172 Å². The van der Waals surface area contributed by atoms with Crippen molar-refractivity contribution in [3.05, 3.63) is 59.7 Å². The molecular weight excluding hydrogens is 390 g/mol. The van der Waals surface area contributed by atoms with E-state index in [0.717, 1.165) is 9.87 Å². The number of benzene rings is 2. The summed E-state index contributed by atoms with van der Waals surface area (Å²) < 4.78 is 25.6. The van der Waals surface area contributed by atoms with Crippen LogP contribution in [0.4, 0.5) is 5.69 Å². The van der Waals surface area contributed by atoms with E-state index in [4.69, 9.17) is 0 Å². The van der Waals surface area contributed by atoms with Gasteiger partial charge >= 0.3 is 0 Å². The monoisotopic (exact) mass is 417 g/mol. The fourth-order valence-electron chi connectivity index (χ4n) is 2.63. The Hall–Kier alpha value is -2.71. The van der Waals surface area contributed by atoms with Crippen molar-refractivity contribution in [2.45, 2.75) is 31.7 Å². The molecule has 0 unspecified atom stereocenters. The topological polar surface area (TPSA) is 95.6 Å². The lowest BCUT2D eigenvalue weighted by Gasteiger charge is -2.12. The van der Waals surface area contributed by atoms with Crippen LogP contribution in [0.3, 0.4) is 0 Å². The second kappa shape index (κ2) is 9.67. The van der Waals surface area contributed by atoms with Gasteiger partial charge in [-0.2, -0.15) is 0 Å². The van der Waals surface area contributed by atoms with E-state index < -0.39 is 10.0 Å². The van der Waals surface area contributed by atoms with Crippen LogP contribution in [0.1, 0.15) is 36.2 Å². The minimum atomic E-state index is -3.61. The summed E-state index contributed by atoms with van der Waals surface area (Å²) in [6.45, 7) is 4.20. The van der Waals surface area contributed by atoms with Gasteiger partial charge in [-0.05, 0) is 41.8 Å². The largest absolute Gasteiger partial charge is 0.348 e. The molecule has 0 aliphatic heterocycles. The molecule has 8 heteroatoms. The molecule has 0 aliphatic rings. The van der Waals surface area contributed by atoms with Gasteiger partial charge in [0.15, 0.2) is 0 Å². The summed E-state index contributed by atoms with van der Waals surface area (Å²) in [5, 5.41) is 5.62. The Morgan fingerprint density at radius 2 is 1.72 bits per heavy atom. The Morgan fingerprint density at radius 3 is 2.38 bits per heavy atom. The Kier molecular flexibility index (Phi) is 7.53. The Balaban J connectivity index is 2.05. The van der Waals surface area contributed by atoms with Crippen LogP contribution in [-0.2, 0) is 21.4 Å². The lowest BCUT2D eigenvalue weighted by Crippen LogP contribution is -2.25. The number of hydrogen-bond donors (Lipinski definition) is 2. The lowest BCUT2D eigenvalue weighted by molar-refractivity contribution is -0.116. The molecule has 2 aromatic rings. The lowest BCUT2D eigenvalue weighted by atomic mass is 10.1. The SMILES string of the molecule is CC(C)CC(=O)Nc1cccc(CNC(=O)c2cccc(S(=O)(=O)N(C)C)c2)c1. The molecule has 0 fully saturated rings. The molecule has 7 nitrogen and oxygen atoms in total. The third kappa shape index (κ3) is 6.40. The highest BCUT2D eigenvalue weighted by Crippen LogP contribution is 2.16. The zero-order valence-electron chi connectivity index (χ0n) is 17.1. The molecule has 0 aliphatic carbocycles. The van der Waals surface area contributed by atoms with Gasteiger partial charge in [0.05, 0.1) is 4.90 Å².